The lowest BCUT2D eigenvalue weighted by molar-refractivity contribution is -0.147. The van der Waals surface area contributed by atoms with E-state index >= 15 is 0 Å². The van der Waals surface area contributed by atoms with Crippen LogP contribution >= 0.6 is 0 Å². The van der Waals surface area contributed by atoms with Crippen molar-refractivity contribution in [2.24, 2.45) is 0 Å². The van der Waals surface area contributed by atoms with E-state index in [0.29, 0.717) is 40.2 Å². The molecule has 1 saturated heterocycles. The molecular weight excluding hydrogens is 508 g/mol. The number of hydrogen-bond donors (Lipinski definition) is 2. The fourth-order valence-electron chi connectivity index (χ4n) is 4.97. The Balaban J connectivity index is 1.40. The number of fused-ring (bicyclic) bond motifs is 1. The molecule has 1 aliphatic heterocycles. The van der Waals surface area contributed by atoms with Crippen molar-refractivity contribution < 1.29 is 23.5 Å². The van der Waals surface area contributed by atoms with Gasteiger partial charge in [0, 0.05) is 22.4 Å². The predicted octanol–water partition coefficient (Wildman–Crippen LogP) is 6.06. The second-order valence-corrected chi connectivity index (χ2v) is 10.6. The first-order valence-corrected chi connectivity index (χ1v) is 13.4. The second kappa shape index (κ2) is 11.3. The highest BCUT2D eigenvalue weighted by Gasteiger charge is 2.33. The zero-order valence-electron chi connectivity index (χ0n) is 23.4. The first-order valence-electron chi connectivity index (χ1n) is 13.4. The molecule has 0 bridgehead atoms. The van der Waals surface area contributed by atoms with Crippen molar-refractivity contribution in [3.8, 4) is 11.3 Å². The number of hydroxylamine groups is 1. The van der Waals surface area contributed by atoms with Crippen molar-refractivity contribution >= 4 is 22.6 Å². The van der Waals surface area contributed by atoms with Crippen LogP contribution in [0, 0.1) is 13.8 Å². The smallest absolute Gasteiger partial charge is 0.276 e. The summed E-state index contributed by atoms with van der Waals surface area (Å²) in [4.78, 5) is 31.9. The van der Waals surface area contributed by atoms with Gasteiger partial charge in [-0.05, 0) is 58.4 Å². The summed E-state index contributed by atoms with van der Waals surface area (Å²) < 4.78 is 17.7. The van der Waals surface area contributed by atoms with Gasteiger partial charge in [0.1, 0.15) is 24.1 Å². The van der Waals surface area contributed by atoms with E-state index < -0.39 is 11.7 Å². The standard InChI is InChI=1S/C32H34N2O6/c1-19-15-25(30-26(16-19)28(35)20(2)29(39-30)22-11-7-6-8-12-22)21(3)33-27-14-10-9-13-24(27)31(36)34-38-18-23-17-37-32(4,5)40-23/h6-16,21,23,33H,17-18H2,1-5H3,(H,34,36)/t21?,23-/m1/s1. The van der Waals surface area contributed by atoms with Gasteiger partial charge in [-0.1, -0.05) is 48.5 Å². The Labute approximate surface area is 233 Å². The molecule has 8 heteroatoms. The average Bonchev–Trinajstić information content (AvgIpc) is 3.29. The third kappa shape index (κ3) is 5.79. The summed E-state index contributed by atoms with van der Waals surface area (Å²) in [7, 11) is 0. The monoisotopic (exact) mass is 542 g/mol. The van der Waals surface area contributed by atoms with E-state index in [1.54, 1.807) is 19.1 Å². The zero-order valence-corrected chi connectivity index (χ0v) is 23.4. The van der Waals surface area contributed by atoms with E-state index in [4.69, 9.17) is 18.7 Å². The number of anilines is 1. The Morgan fingerprint density at radius 2 is 1.80 bits per heavy atom. The first-order chi connectivity index (χ1) is 19.1. The maximum atomic E-state index is 13.4. The summed E-state index contributed by atoms with van der Waals surface area (Å²) in [5.74, 6) is -0.506. The van der Waals surface area contributed by atoms with Crippen molar-refractivity contribution in [3.63, 3.8) is 0 Å². The van der Waals surface area contributed by atoms with Crippen molar-refractivity contribution in [1.29, 1.82) is 0 Å². The van der Waals surface area contributed by atoms with E-state index in [2.05, 4.69) is 10.8 Å². The predicted molar refractivity (Wildman–Crippen MR) is 154 cm³/mol. The van der Waals surface area contributed by atoms with E-state index in [1.165, 1.54) is 0 Å². The Morgan fingerprint density at radius 1 is 1.07 bits per heavy atom. The quantitative estimate of drug-likeness (QED) is 0.261. The van der Waals surface area contributed by atoms with Crippen LogP contribution in [0.4, 0.5) is 5.69 Å². The van der Waals surface area contributed by atoms with Gasteiger partial charge in [0.2, 0.25) is 0 Å². The van der Waals surface area contributed by atoms with Crippen molar-refractivity contribution in [1.82, 2.24) is 5.48 Å². The number of carbonyl (C=O) groups excluding carboxylic acids is 1. The third-order valence-corrected chi connectivity index (χ3v) is 6.94. The van der Waals surface area contributed by atoms with Gasteiger partial charge in [0.05, 0.1) is 23.6 Å². The Morgan fingerprint density at radius 3 is 2.52 bits per heavy atom. The number of rotatable bonds is 8. The molecule has 40 heavy (non-hydrogen) atoms. The molecule has 8 nitrogen and oxygen atoms in total. The molecule has 1 fully saturated rings. The van der Waals surface area contributed by atoms with Crippen LogP contribution in [0.25, 0.3) is 22.3 Å². The molecule has 2 atom stereocenters. The molecule has 2 N–H and O–H groups in total. The van der Waals surface area contributed by atoms with Gasteiger partial charge in [-0.3, -0.25) is 14.4 Å². The highest BCUT2D eigenvalue weighted by Crippen LogP contribution is 2.32. The molecule has 2 heterocycles. The largest absolute Gasteiger partial charge is 0.455 e. The van der Waals surface area contributed by atoms with E-state index in [1.807, 2.05) is 82.3 Å². The molecule has 0 saturated carbocycles. The van der Waals surface area contributed by atoms with Crippen LogP contribution in [0.15, 0.2) is 75.9 Å². The summed E-state index contributed by atoms with van der Waals surface area (Å²) in [6.45, 7) is 9.95. The van der Waals surface area contributed by atoms with Gasteiger partial charge in [-0.2, -0.15) is 0 Å². The normalized spacial score (nSPS) is 17.1. The Kier molecular flexibility index (Phi) is 7.76. The van der Waals surface area contributed by atoms with Crippen LogP contribution in [0.3, 0.4) is 0 Å². The summed E-state index contributed by atoms with van der Waals surface area (Å²) >= 11 is 0. The molecule has 0 aliphatic carbocycles. The lowest BCUT2D eigenvalue weighted by Crippen LogP contribution is -2.31. The first kappa shape index (κ1) is 27.6. The Bertz CT molecular complexity index is 1590. The molecule has 4 aromatic rings. The van der Waals surface area contributed by atoms with E-state index in [0.717, 1.165) is 16.7 Å². The molecule has 0 radical (unpaired) electrons. The molecular formula is C32H34N2O6. The van der Waals surface area contributed by atoms with Crippen molar-refractivity contribution in [2.45, 2.75) is 52.6 Å². The van der Waals surface area contributed by atoms with Gasteiger partial charge in [-0.25, -0.2) is 5.48 Å². The molecule has 1 unspecified atom stereocenters. The minimum absolute atomic E-state index is 0.0609. The molecule has 208 valence electrons. The summed E-state index contributed by atoms with van der Waals surface area (Å²) in [5, 5.41) is 3.97. The lowest BCUT2D eigenvalue weighted by atomic mass is 9.98. The molecule has 1 aliphatic rings. The van der Waals surface area contributed by atoms with Gasteiger partial charge in [-0.15, -0.1) is 0 Å². The van der Waals surface area contributed by atoms with Gasteiger partial charge in [0.15, 0.2) is 11.2 Å². The average molecular weight is 543 g/mol. The minimum atomic E-state index is -0.662. The molecule has 5 rings (SSSR count). The SMILES string of the molecule is Cc1cc(C(C)Nc2ccccc2C(=O)NOC[C@H]2COC(C)(C)O2)c2oc(-c3ccccc3)c(C)c(=O)c2c1. The van der Waals surface area contributed by atoms with Crippen LogP contribution in [-0.4, -0.2) is 31.0 Å². The van der Waals surface area contributed by atoms with Crippen molar-refractivity contribution in [2.75, 3.05) is 18.5 Å². The van der Waals surface area contributed by atoms with Crippen LogP contribution in [0.2, 0.25) is 0 Å². The lowest BCUT2D eigenvalue weighted by Gasteiger charge is -2.20. The molecule has 1 aromatic heterocycles. The summed E-state index contributed by atoms with van der Waals surface area (Å²) in [6, 6.07) is 20.4. The van der Waals surface area contributed by atoms with Crippen LogP contribution in [0.5, 0.6) is 0 Å². The minimum Gasteiger partial charge on any atom is -0.455 e. The second-order valence-electron chi connectivity index (χ2n) is 10.6. The van der Waals surface area contributed by atoms with E-state index in [9.17, 15) is 9.59 Å². The molecule has 3 aromatic carbocycles. The van der Waals surface area contributed by atoms with Gasteiger partial charge < -0.3 is 19.2 Å². The topological polar surface area (TPSA) is 99.0 Å². The number of amides is 1. The van der Waals surface area contributed by atoms with Crippen LogP contribution in [-0.2, 0) is 14.3 Å². The number of nitrogens with one attached hydrogen (secondary N) is 2. The van der Waals surface area contributed by atoms with Gasteiger partial charge >= 0.3 is 0 Å². The number of hydrogen-bond acceptors (Lipinski definition) is 7. The van der Waals surface area contributed by atoms with Crippen LogP contribution in [0.1, 0.15) is 53.9 Å². The number of carbonyl (C=O) groups is 1. The fraction of sp³-hybridized carbons (Fsp3) is 0.312. The third-order valence-electron chi connectivity index (χ3n) is 6.94. The highest BCUT2D eigenvalue weighted by atomic mass is 16.8. The Hall–Kier alpha value is -3.98. The summed E-state index contributed by atoms with van der Waals surface area (Å²) in [5.41, 5.74) is 7.16. The fourth-order valence-corrected chi connectivity index (χ4v) is 4.97. The number of benzene rings is 3. The highest BCUT2D eigenvalue weighted by molar-refractivity contribution is 5.99. The van der Waals surface area contributed by atoms with Gasteiger partial charge in [0.25, 0.3) is 5.91 Å². The number of para-hydroxylation sites is 1. The summed E-state index contributed by atoms with van der Waals surface area (Å²) in [6.07, 6.45) is -0.266. The maximum absolute atomic E-state index is 13.4. The number of ether oxygens (including phenoxy) is 2. The van der Waals surface area contributed by atoms with Crippen LogP contribution < -0.4 is 16.2 Å². The molecule has 1 amide bonds. The van der Waals surface area contributed by atoms with E-state index in [-0.39, 0.29) is 24.2 Å². The van der Waals surface area contributed by atoms with Crippen molar-refractivity contribution in [3.05, 3.63) is 99.2 Å². The molecule has 0 spiro atoms. The maximum Gasteiger partial charge on any atom is 0.276 e. The zero-order chi connectivity index (χ0) is 28.4. The number of aryl methyl sites for hydroxylation is 1.